The van der Waals surface area contributed by atoms with Crippen molar-refractivity contribution in [2.75, 3.05) is 0 Å². The maximum Gasteiger partial charge on any atom is 0.200 e. The maximum atomic E-state index is 13.1. The topological polar surface area (TPSA) is 39.4 Å². The summed E-state index contributed by atoms with van der Waals surface area (Å²) in [5.74, 6) is 1.11. The molecular weight excluding hydrogens is 395 g/mol. The van der Waals surface area contributed by atoms with Gasteiger partial charge in [0.05, 0.1) is 10.9 Å². The van der Waals surface area contributed by atoms with Crippen molar-refractivity contribution in [1.82, 2.24) is 0 Å². The Bertz CT molecular complexity index is 1230. The van der Waals surface area contributed by atoms with Crippen LogP contribution >= 0.6 is 23.2 Å². The lowest BCUT2D eigenvalue weighted by Gasteiger charge is -2.11. The molecule has 5 heteroatoms. The summed E-state index contributed by atoms with van der Waals surface area (Å²) in [6.45, 7) is 2.09. The van der Waals surface area contributed by atoms with Crippen LogP contribution < -0.4 is 10.2 Å². The summed E-state index contributed by atoms with van der Waals surface area (Å²) in [5, 5.41) is 1.64. The van der Waals surface area contributed by atoms with Crippen LogP contribution in [0.25, 0.3) is 22.1 Å². The SMILES string of the molecule is Cc1oc2cc(OCc3ccccc3Cl)ccc2c(=O)c1-c1ccccc1Cl. The van der Waals surface area contributed by atoms with E-state index in [9.17, 15) is 4.79 Å². The first kappa shape index (κ1) is 18.6. The lowest BCUT2D eigenvalue weighted by atomic mass is 10.0. The monoisotopic (exact) mass is 410 g/mol. The Morgan fingerprint density at radius 1 is 0.929 bits per heavy atom. The normalized spacial score (nSPS) is 11.0. The smallest absolute Gasteiger partial charge is 0.200 e. The van der Waals surface area contributed by atoms with Crippen molar-refractivity contribution in [3.63, 3.8) is 0 Å². The minimum Gasteiger partial charge on any atom is -0.489 e. The van der Waals surface area contributed by atoms with E-state index in [1.165, 1.54) is 0 Å². The van der Waals surface area contributed by atoms with Crippen LogP contribution in [-0.2, 0) is 6.61 Å². The van der Waals surface area contributed by atoms with E-state index >= 15 is 0 Å². The van der Waals surface area contributed by atoms with Crippen LogP contribution in [0.4, 0.5) is 0 Å². The molecule has 0 unspecified atom stereocenters. The van der Waals surface area contributed by atoms with Gasteiger partial charge in [-0.05, 0) is 31.2 Å². The van der Waals surface area contributed by atoms with Crippen molar-refractivity contribution in [3.8, 4) is 16.9 Å². The second-order valence-electron chi connectivity index (χ2n) is 6.38. The van der Waals surface area contributed by atoms with Gasteiger partial charge >= 0.3 is 0 Å². The molecule has 0 aliphatic carbocycles. The van der Waals surface area contributed by atoms with Crippen LogP contribution in [0.15, 0.2) is 75.9 Å². The Kier molecular flexibility index (Phi) is 5.12. The molecule has 140 valence electrons. The molecule has 1 heterocycles. The van der Waals surface area contributed by atoms with Crippen LogP contribution in [0.2, 0.25) is 10.0 Å². The lowest BCUT2D eigenvalue weighted by Crippen LogP contribution is -2.08. The quantitative estimate of drug-likeness (QED) is 0.377. The molecular formula is C23H16Cl2O3. The highest BCUT2D eigenvalue weighted by molar-refractivity contribution is 6.33. The molecule has 0 atom stereocenters. The molecule has 28 heavy (non-hydrogen) atoms. The first-order valence-corrected chi connectivity index (χ1v) is 9.49. The second-order valence-corrected chi connectivity index (χ2v) is 7.19. The molecule has 0 bridgehead atoms. The van der Waals surface area contributed by atoms with Gasteiger partial charge < -0.3 is 9.15 Å². The van der Waals surface area contributed by atoms with Crippen molar-refractivity contribution >= 4 is 34.2 Å². The van der Waals surface area contributed by atoms with Gasteiger partial charge in [0, 0.05) is 27.2 Å². The Hall–Kier alpha value is -2.75. The first-order chi connectivity index (χ1) is 13.5. The average molecular weight is 411 g/mol. The minimum absolute atomic E-state index is 0.121. The molecule has 0 saturated heterocycles. The summed E-state index contributed by atoms with van der Waals surface area (Å²) in [6, 6.07) is 19.9. The lowest BCUT2D eigenvalue weighted by molar-refractivity contribution is 0.306. The van der Waals surface area contributed by atoms with E-state index in [-0.39, 0.29) is 5.43 Å². The van der Waals surface area contributed by atoms with Gasteiger partial charge in [0.1, 0.15) is 23.7 Å². The fourth-order valence-corrected chi connectivity index (χ4v) is 3.55. The standard InChI is InChI=1S/C23H16Cl2O3/c1-14-22(17-7-3-5-9-20(17)25)23(26)18-11-10-16(12-21(18)28-14)27-13-15-6-2-4-8-19(15)24/h2-12H,13H2,1H3. The summed E-state index contributed by atoms with van der Waals surface area (Å²) in [6.07, 6.45) is 0. The Morgan fingerprint density at radius 3 is 2.39 bits per heavy atom. The van der Waals surface area contributed by atoms with Crippen LogP contribution in [0.1, 0.15) is 11.3 Å². The predicted octanol–water partition coefficient (Wildman–Crippen LogP) is 6.65. The zero-order chi connectivity index (χ0) is 19.7. The van der Waals surface area contributed by atoms with Gasteiger partial charge in [-0.2, -0.15) is 0 Å². The van der Waals surface area contributed by atoms with Crippen molar-refractivity contribution in [2.45, 2.75) is 13.5 Å². The Morgan fingerprint density at radius 2 is 1.64 bits per heavy atom. The van der Waals surface area contributed by atoms with Crippen molar-refractivity contribution in [3.05, 3.63) is 98.3 Å². The van der Waals surface area contributed by atoms with Crippen molar-refractivity contribution < 1.29 is 9.15 Å². The number of halogens is 2. The van der Waals surface area contributed by atoms with Crippen molar-refractivity contribution in [2.24, 2.45) is 0 Å². The molecule has 0 fully saturated rings. The van der Waals surface area contributed by atoms with E-state index < -0.39 is 0 Å². The summed E-state index contributed by atoms with van der Waals surface area (Å²) >= 11 is 12.4. The highest BCUT2D eigenvalue weighted by Gasteiger charge is 2.16. The number of rotatable bonds is 4. The predicted molar refractivity (Wildman–Crippen MR) is 113 cm³/mol. The highest BCUT2D eigenvalue weighted by Crippen LogP contribution is 2.31. The van der Waals surface area contributed by atoms with Gasteiger partial charge in [0.15, 0.2) is 0 Å². The van der Waals surface area contributed by atoms with Gasteiger partial charge in [-0.25, -0.2) is 0 Å². The molecule has 0 N–H and O–H groups in total. The second kappa shape index (κ2) is 7.70. The zero-order valence-electron chi connectivity index (χ0n) is 15.0. The molecule has 0 aliphatic heterocycles. The Labute approximate surface area is 172 Å². The number of aryl methyl sites for hydroxylation is 1. The van der Waals surface area contributed by atoms with E-state index in [0.717, 1.165) is 5.56 Å². The first-order valence-electron chi connectivity index (χ1n) is 8.73. The molecule has 4 aromatic rings. The fraction of sp³-hybridized carbons (Fsp3) is 0.0870. The number of hydrogen-bond acceptors (Lipinski definition) is 3. The number of fused-ring (bicyclic) bond motifs is 1. The van der Waals surface area contributed by atoms with Crippen LogP contribution in [0.3, 0.4) is 0 Å². The van der Waals surface area contributed by atoms with E-state index in [0.29, 0.717) is 50.3 Å². The molecule has 0 aliphatic rings. The van der Waals surface area contributed by atoms with Gasteiger partial charge in [-0.3, -0.25) is 4.79 Å². The molecule has 0 radical (unpaired) electrons. The van der Waals surface area contributed by atoms with E-state index in [4.69, 9.17) is 32.4 Å². The third-order valence-electron chi connectivity index (χ3n) is 4.54. The molecule has 0 saturated carbocycles. The molecule has 0 amide bonds. The fourth-order valence-electron chi connectivity index (χ4n) is 3.13. The molecule has 4 rings (SSSR count). The van der Waals surface area contributed by atoms with Crippen LogP contribution in [-0.4, -0.2) is 0 Å². The maximum absolute atomic E-state index is 13.1. The van der Waals surface area contributed by atoms with Gasteiger partial charge in [0.25, 0.3) is 0 Å². The summed E-state index contributed by atoms with van der Waals surface area (Å²) in [7, 11) is 0. The van der Waals surface area contributed by atoms with Gasteiger partial charge in [-0.1, -0.05) is 59.6 Å². The van der Waals surface area contributed by atoms with Crippen LogP contribution in [0.5, 0.6) is 5.75 Å². The summed E-state index contributed by atoms with van der Waals surface area (Å²) in [5.41, 5.74) is 2.37. The van der Waals surface area contributed by atoms with Gasteiger partial charge in [-0.15, -0.1) is 0 Å². The average Bonchev–Trinajstić information content (AvgIpc) is 2.68. The molecule has 3 nitrogen and oxygen atoms in total. The molecule has 1 aromatic heterocycles. The number of ether oxygens (including phenoxy) is 1. The van der Waals surface area contributed by atoms with E-state index in [1.54, 1.807) is 31.2 Å². The summed E-state index contributed by atoms with van der Waals surface area (Å²) < 4.78 is 11.8. The van der Waals surface area contributed by atoms with E-state index in [2.05, 4.69) is 0 Å². The van der Waals surface area contributed by atoms with Crippen LogP contribution in [0, 0.1) is 6.92 Å². The number of hydrogen-bond donors (Lipinski definition) is 0. The van der Waals surface area contributed by atoms with Crippen molar-refractivity contribution in [1.29, 1.82) is 0 Å². The zero-order valence-corrected chi connectivity index (χ0v) is 16.6. The minimum atomic E-state index is -0.121. The highest BCUT2D eigenvalue weighted by atomic mass is 35.5. The number of benzene rings is 3. The largest absolute Gasteiger partial charge is 0.489 e. The third kappa shape index (κ3) is 3.51. The van der Waals surface area contributed by atoms with E-state index in [1.807, 2.05) is 42.5 Å². The molecule has 3 aromatic carbocycles. The van der Waals surface area contributed by atoms with Gasteiger partial charge in [0.2, 0.25) is 5.43 Å². The molecule has 0 spiro atoms. The summed E-state index contributed by atoms with van der Waals surface area (Å²) in [4.78, 5) is 13.1. The Balaban J connectivity index is 1.72. The third-order valence-corrected chi connectivity index (χ3v) is 5.23.